The molecule has 1 N–H and O–H groups in total. The van der Waals surface area contributed by atoms with Crippen LogP contribution in [0.3, 0.4) is 0 Å². The number of rotatable bonds is 1. The van der Waals surface area contributed by atoms with Crippen LogP contribution in [0.1, 0.15) is 26.4 Å². The van der Waals surface area contributed by atoms with E-state index < -0.39 is 0 Å². The summed E-state index contributed by atoms with van der Waals surface area (Å²) in [6.45, 7) is 0.632. The van der Waals surface area contributed by atoms with E-state index >= 15 is 0 Å². The third-order valence-electron chi connectivity index (χ3n) is 3.60. The largest absolute Gasteiger partial charge is 0.465 e. The van der Waals surface area contributed by atoms with Crippen LogP contribution in [0.2, 0.25) is 0 Å². The maximum Gasteiger partial charge on any atom is 0.337 e. The van der Waals surface area contributed by atoms with Crippen molar-refractivity contribution < 1.29 is 14.3 Å². The number of aryl methyl sites for hydroxylation is 1. The van der Waals surface area contributed by atoms with Gasteiger partial charge in [-0.25, -0.2) is 4.79 Å². The first-order valence-electron chi connectivity index (χ1n) is 6.11. The average molecular weight is 258 g/mol. The summed E-state index contributed by atoms with van der Waals surface area (Å²) in [5, 5.41) is 3.79. The van der Waals surface area contributed by atoms with E-state index in [9.17, 15) is 9.59 Å². The van der Waals surface area contributed by atoms with Crippen LogP contribution in [0.25, 0.3) is 10.9 Å². The second kappa shape index (κ2) is 4.12. The van der Waals surface area contributed by atoms with Crippen LogP contribution in [0.4, 0.5) is 0 Å². The molecular formula is C14H14N2O3. The van der Waals surface area contributed by atoms with E-state index in [1.54, 1.807) is 12.1 Å². The van der Waals surface area contributed by atoms with Gasteiger partial charge in [-0.15, -0.1) is 0 Å². The normalized spacial score (nSPS) is 14.1. The Hall–Kier alpha value is -2.30. The van der Waals surface area contributed by atoms with E-state index in [0.717, 1.165) is 22.9 Å². The fourth-order valence-corrected chi connectivity index (χ4v) is 2.69. The standard InChI is InChI=1S/C14H14N2O3/c1-16-11-4-3-8(14(18)19-2)7-10(11)9-5-6-15-13(17)12(9)16/h3-4,7H,5-6H2,1-2H3,(H,15,17). The van der Waals surface area contributed by atoms with Gasteiger partial charge in [0.1, 0.15) is 5.69 Å². The highest BCUT2D eigenvalue weighted by molar-refractivity contribution is 6.04. The molecule has 0 atom stereocenters. The van der Waals surface area contributed by atoms with Gasteiger partial charge in [-0.1, -0.05) is 0 Å². The number of ether oxygens (including phenoxy) is 1. The second-order valence-corrected chi connectivity index (χ2v) is 4.62. The average Bonchev–Trinajstić information content (AvgIpc) is 2.72. The molecule has 1 aliphatic heterocycles. The summed E-state index contributed by atoms with van der Waals surface area (Å²) in [5.74, 6) is -0.417. The zero-order valence-electron chi connectivity index (χ0n) is 10.8. The molecule has 0 spiro atoms. The fraction of sp³-hybridized carbons (Fsp3) is 0.286. The summed E-state index contributed by atoms with van der Waals surface area (Å²) >= 11 is 0. The van der Waals surface area contributed by atoms with Crippen molar-refractivity contribution >= 4 is 22.8 Å². The molecule has 98 valence electrons. The minimum atomic E-state index is -0.361. The van der Waals surface area contributed by atoms with Gasteiger partial charge in [-0.2, -0.15) is 0 Å². The first-order chi connectivity index (χ1) is 9.13. The van der Waals surface area contributed by atoms with Crippen molar-refractivity contribution in [1.29, 1.82) is 0 Å². The number of hydrogen-bond donors (Lipinski definition) is 1. The lowest BCUT2D eigenvalue weighted by molar-refractivity contribution is 0.0600. The van der Waals surface area contributed by atoms with Crippen molar-refractivity contribution in [3.8, 4) is 0 Å². The predicted octanol–water partition coefficient (Wildman–Crippen LogP) is 1.25. The summed E-state index contributed by atoms with van der Waals surface area (Å²) in [6, 6.07) is 5.38. The zero-order chi connectivity index (χ0) is 13.6. The van der Waals surface area contributed by atoms with Gasteiger partial charge < -0.3 is 14.6 Å². The number of fused-ring (bicyclic) bond motifs is 3. The predicted molar refractivity (Wildman–Crippen MR) is 70.3 cm³/mol. The Morgan fingerprint density at radius 1 is 1.42 bits per heavy atom. The number of carbonyl (C=O) groups excluding carboxylic acids is 2. The third-order valence-corrected chi connectivity index (χ3v) is 3.60. The molecule has 0 saturated carbocycles. The molecule has 1 aromatic carbocycles. The van der Waals surface area contributed by atoms with Crippen LogP contribution < -0.4 is 5.32 Å². The first-order valence-corrected chi connectivity index (χ1v) is 6.11. The highest BCUT2D eigenvalue weighted by atomic mass is 16.5. The summed E-state index contributed by atoms with van der Waals surface area (Å²) in [4.78, 5) is 23.5. The molecule has 1 amide bonds. The van der Waals surface area contributed by atoms with Crippen LogP contribution in [-0.2, 0) is 18.2 Å². The monoisotopic (exact) mass is 258 g/mol. The van der Waals surface area contributed by atoms with E-state index in [4.69, 9.17) is 4.74 Å². The molecule has 0 saturated heterocycles. The maximum absolute atomic E-state index is 11.9. The van der Waals surface area contributed by atoms with Crippen LogP contribution in [0.15, 0.2) is 18.2 Å². The molecule has 19 heavy (non-hydrogen) atoms. The molecule has 0 fully saturated rings. The summed E-state index contributed by atoms with van der Waals surface area (Å²) in [6.07, 6.45) is 0.781. The zero-order valence-corrected chi connectivity index (χ0v) is 10.8. The van der Waals surface area contributed by atoms with Gasteiger partial charge in [0.2, 0.25) is 0 Å². The molecule has 3 rings (SSSR count). The number of amides is 1. The number of esters is 1. The molecule has 2 aromatic rings. The molecule has 1 aliphatic rings. The number of hydrogen-bond acceptors (Lipinski definition) is 3. The number of carbonyl (C=O) groups is 2. The van der Waals surface area contributed by atoms with E-state index in [2.05, 4.69) is 5.32 Å². The molecule has 0 radical (unpaired) electrons. The lowest BCUT2D eigenvalue weighted by Gasteiger charge is -2.14. The summed E-state index contributed by atoms with van der Waals surface area (Å²) in [7, 11) is 3.23. The Balaban J connectivity index is 2.29. The molecular weight excluding hydrogens is 244 g/mol. The highest BCUT2D eigenvalue weighted by Gasteiger charge is 2.24. The topological polar surface area (TPSA) is 60.3 Å². The third kappa shape index (κ3) is 1.62. The van der Waals surface area contributed by atoms with Gasteiger partial charge in [-0.3, -0.25) is 4.79 Å². The van der Waals surface area contributed by atoms with Gasteiger partial charge >= 0.3 is 5.97 Å². The van der Waals surface area contributed by atoms with Crippen molar-refractivity contribution in [1.82, 2.24) is 9.88 Å². The molecule has 1 aromatic heterocycles. The quantitative estimate of drug-likeness (QED) is 0.783. The lowest BCUT2D eigenvalue weighted by Crippen LogP contribution is -2.32. The Labute approximate surface area is 110 Å². The maximum atomic E-state index is 11.9. The minimum absolute atomic E-state index is 0.0560. The van der Waals surface area contributed by atoms with Gasteiger partial charge in [0.15, 0.2) is 0 Å². The highest BCUT2D eigenvalue weighted by Crippen LogP contribution is 2.28. The van der Waals surface area contributed by atoms with Crippen molar-refractivity contribution in [2.24, 2.45) is 7.05 Å². The van der Waals surface area contributed by atoms with Gasteiger partial charge in [0.25, 0.3) is 5.91 Å². The summed E-state index contributed by atoms with van der Waals surface area (Å²) in [5.41, 5.74) is 3.15. The molecule has 0 aliphatic carbocycles. The van der Waals surface area contributed by atoms with Crippen molar-refractivity contribution in [2.75, 3.05) is 13.7 Å². The van der Waals surface area contributed by atoms with Crippen molar-refractivity contribution in [3.63, 3.8) is 0 Å². The Bertz CT molecular complexity index is 700. The van der Waals surface area contributed by atoms with Crippen LogP contribution in [0, 0.1) is 0 Å². The first kappa shape index (κ1) is 11.8. The molecule has 0 bridgehead atoms. The Morgan fingerprint density at radius 2 is 2.21 bits per heavy atom. The molecule has 2 heterocycles. The van der Waals surface area contributed by atoms with Crippen LogP contribution >= 0.6 is 0 Å². The SMILES string of the molecule is COC(=O)c1ccc2c(c1)c1c(n2C)C(=O)NCC1. The lowest BCUT2D eigenvalue weighted by atomic mass is 10.0. The second-order valence-electron chi connectivity index (χ2n) is 4.62. The van der Waals surface area contributed by atoms with Crippen molar-refractivity contribution in [2.45, 2.75) is 6.42 Å². The number of nitrogens with zero attached hydrogens (tertiary/aromatic N) is 1. The molecule has 5 heteroatoms. The number of nitrogens with one attached hydrogen (secondary N) is 1. The molecule has 5 nitrogen and oxygen atoms in total. The van der Waals surface area contributed by atoms with Crippen molar-refractivity contribution in [3.05, 3.63) is 35.0 Å². The minimum Gasteiger partial charge on any atom is -0.465 e. The van der Waals surface area contributed by atoms with Crippen LogP contribution in [-0.4, -0.2) is 30.1 Å². The smallest absolute Gasteiger partial charge is 0.337 e. The Kier molecular flexibility index (Phi) is 2.55. The van der Waals surface area contributed by atoms with Crippen LogP contribution in [0.5, 0.6) is 0 Å². The number of benzene rings is 1. The van der Waals surface area contributed by atoms with E-state index in [-0.39, 0.29) is 11.9 Å². The Morgan fingerprint density at radius 3 is 2.95 bits per heavy atom. The molecule has 0 unspecified atom stereocenters. The van der Waals surface area contributed by atoms with E-state index in [1.807, 2.05) is 17.7 Å². The number of aromatic nitrogens is 1. The van der Waals surface area contributed by atoms with Gasteiger partial charge in [-0.05, 0) is 30.2 Å². The van der Waals surface area contributed by atoms with Gasteiger partial charge in [0.05, 0.1) is 12.7 Å². The van der Waals surface area contributed by atoms with Gasteiger partial charge in [0, 0.05) is 24.5 Å². The fourth-order valence-electron chi connectivity index (χ4n) is 2.69. The summed E-state index contributed by atoms with van der Waals surface area (Å²) < 4.78 is 6.61. The van der Waals surface area contributed by atoms with E-state index in [0.29, 0.717) is 17.8 Å². The van der Waals surface area contributed by atoms with E-state index in [1.165, 1.54) is 7.11 Å². The number of methoxy groups -OCH3 is 1.